The van der Waals surface area contributed by atoms with Crippen molar-refractivity contribution in [1.82, 2.24) is 0 Å². The molecule has 0 aliphatic rings. The molecule has 0 unspecified atom stereocenters. The van der Waals surface area contributed by atoms with Gasteiger partial charge in [-0.2, -0.15) is 6.07 Å². The number of rotatable bonds is 0. The molecule has 0 saturated heterocycles. The molecule has 1 radical (unpaired) electrons. The van der Waals surface area contributed by atoms with Crippen LogP contribution in [0, 0.1) is 6.92 Å². The van der Waals surface area contributed by atoms with Gasteiger partial charge in [0.2, 0.25) is 0 Å². The molecule has 99 valence electrons. The van der Waals surface area contributed by atoms with Gasteiger partial charge in [-0.25, -0.2) is 0 Å². The van der Waals surface area contributed by atoms with Crippen LogP contribution in [0.2, 0.25) is 0 Å². The number of fused-ring (bicyclic) bond motifs is 1. The third-order valence-electron chi connectivity index (χ3n) is 1.76. The molecule has 2 aromatic carbocycles. The van der Waals surface area contributed by atoms with E-state index in [2.05, 4.69) is 56.5 Å². The first kappa shape index (κ1) is 20.0. The SMILES string of the molecule is C=C(C)[O-].C=C(C)[O-].Cc1cc2ccccc2[cH-]1.[Ti+3]. The van der Waals surface area contributed by atoms with Crippen molar-refractivity contribution >= 4 is 10.8 Å². The van der Waals surface area contributed by atoms with Crippen LogP contribution in [0.25, 0.3) is 10.8 Å². The van der Waals surface area contributed by atoms with Crippen molar-refractivity contribution < 1.29 is 31.9 Å². The van der Waals surface area contributed by atoms with Crippen molar-refractivity contribution in [3.05, 3.63) is 66.6 Å². The average molecular weight is 291 g/mol. The maximum absolute atomic E-state index is 9.33. The summed E-state index contributed by atoms with van der Waals surface area (Å²) in [6.45, 7) is 11.0. The van der Waals surface area contributed by atoms with E-state index in [0.29, 0.717) is 0 Å². The number of hydrogen-bond donors (Lipinski definition) is 0. The molecule has 3 heteroatoms. The molecule has 0 spiro atoms. The zero-order chi connectivity index (χ0) is 14.1. The minimum atomic E-state index is -0.0833. The summed E-state index contributed by atoms with van der Waals surface area (Å²) in [6, 6.07) is 12.8. The van der Waals surface area contributed by atoms with Crippen LogP contribution in [0.15, 0.2) is 61.1 Å². The Morgan fingerprint density at radius 3 is 1.89 bits per heavy atom. The van der Waals surface area contributed by atoms with Crippen molar-refractivity contribution in [2.45, 2.75) is 20.8 Å². The van der Waals surface area contributed by atoms with Crippen LogP contribution < -0.4 is 10.2 Å². The summed E-state index contributed by atoms with van der Waals surface area (Å²) in [5.41, 5.74) is 1.35. The maximum Gasteiger partial charge on any atom is 3.00 e. The molecule has 2 nitrogen and oxygen atoms in total. The zero-order valence-corrected chi connectivity index (χ0v) is 13.3. The molecule has 19 heavy (non-hydrogen) atoms. The zero-order valence-electron chi connectivity index (χ0n) is 11.7. The number of aryl methyl sites for hydroxylation is 1. The van der Waals surface area contributed by atoms with Gasteiger partial charge in [0.25, 0.3) is 0 Å². The molecule has 0 atom stereocenters. The van der Waals surface area contributed by atoms with Gasteiger partial charge in [-0.05, 0) is 0 Å². The van der Waals surface area contributed by atoms with E-state index in [9.17, 15) is 10.2 Å². The fourth-order valence-electron chi connectivity index (χ4n) is 1.31. The summed E-state index contributed by atoms with van der Waals surface area (Å²) < 4.78 is 0. The van der Waals surface area contributed by atoms with Crippen LogP contribution in [0.5, 0.6) is 0 Å². The Morgan fingerprint density at radius 2 is 1.47 bits per heavy atom. The van der Waals surface area contributed by atoms with E-state index < -0.39 is 0 Å². The molecular formula is C16H19O2Ti. The Morgan fingerprint density at radius 1 is 1.05 bits per heavy atom. The Labute approximate surface area is 130 Å². The summed E-state index contributed by atoms with van der Waals surface area (Å²) in [5, 5.41) is 21.4. The molecule has 2 rings (SSSR count). The van der Waals surface area contributed by atoms with Gasteiger partial charge < -0.3 is 10.2 Å². The van der Waals surface area contributed by atoms with E-state index in [1.54, 1.807) is 0 Å². The van der Waals surface area contributed by atoms with Gasteiger partial charge in [0, 0.05) is 0 Å². The van der Waals surface area contributed by atoms with Crippen molar-refractivity contribution in [3.63, 3.8) is 0 Å². The Balaban J connectivity index is 0. The molecule has 0 amide bonds. The smallest absolute Gasteiger partial charge is 0.876 e. The molecule has 0 fully saturated rings. The van der Waals surface area contributed by atoms with Gasteiger partial charge in [0.05, 0.1) is 0 Å². The first-order valence-electron chi connectivity index (χ1n) is 5.60. The average Bonchev–Trinajstić information content (AvgIpc) is 2.55. The van der Waals surface area contributed by atoms with Crippen LogP contribution in [0.3, 0.4) is 0 Å². The van der Waals surface area contributed by atoms with E-state index in [0.717, 1.165) is 0 Å². The largest absolute Gasteiger partial charge is 3.00 e. The quantitative estimate of drug-likeness (QED) is 0.425. The van der Waals surface area contributed by atoms with Crippen LogP contribution in [0.1, 0.15) is 19.4 Å². The molecule has 0 aliphatic heterocycles. The van der Waals surface area contributed by atoms with Gasteiger partial charge in [-0.1, -0.05) is 26.8 Å². The van der Waals surface area contributed by atoms with Crippen molar-refractivity contribution in [3.8, 4) is 0 Å². The summed E-state index contributed by atoms with van der Waals surface area (Å²) >= 11 is 0. The molecular weight excluding hydrogens is 272 g/mol. The van der Waals surface area contributed by atoms with Gasteiger partial charge >= 0.3 is 21.7 Å². The van der Waals surface area contributed by atoms with Crippen LogP contribution in [0.4, 0.5) is 0 Å². The normalized spacial score (nSPS) is 8.16. The number of allylic oxidation sites excluding steroid dienone is 2. The molecule has 0 heterocycles. The molecule has 2 aromatic rings. The van der Waals surface area contributed by atoms with Gasteiger partial charge in [0.15, 0.2) is 0 Å². The third-order valence-corrected chi connectivity index (χ3v) is 1.76. The van der Waals surface area contributed by atoms with E-state index in [1.807, 2.05) is 0 Å². The fourth-order valence-corrected chi connectivity index (χ4v) is 1.31. The Hall–Kier alpha value is -1.38. The van der Waals surface area contributed by atoms with Crippen molar-refractivity contribution in [2.24, 2.45) is 0 Å². The first-order chi connectivity index (χ1) is 8.32. The van der Waals surface area contributed by atoms with E-state index in [4.69, 9.17) is 0 Å². The minimum Gasteiger partial charge on any atom is -0.876 e. The Bertz CT molecular complexity index is 459. The maximum atomic E-state index is 9.33. The summed E-state index contributed by atoms with van der Waals surface area (Å²) in [6.07, 6.45) is 0. The topological polar surface area (TPSA) is 46.1 Å². The van der Waals surface area contributed by atoms with E-state index >= 15 is 0 Å². The second kappa shape index (κ2) is 10.5. The summed E-state index contributed by atoms with van der Waals surface area (Å²) in [7, 11) is 0. The van der Waals surface area contributed by atoms with E-state index in [-0.39, 0.29) is 33.2 Å². The molecule has 0 aromatic heterocycles. The standard InChI is InChI=1S/C10H9.2C3H6O.Ti/c1-8-6-9-4-2-3-5-10(9)7-8;2*1-3(2)4;/h2-7H,1H3;2*4H,1H2,2H3;/q-1;;;+3/p-2. The summed E-state index contributed by atoms with van der Waals surface area (Å²) in [5.74, 6) is -0.167. The number of benzene rings is 1. The molecule has 0 saturated carbocycles. The third kappa shape index (κ3) is 11.4. The number of hydrogen-bond acceptors (Lipinski definition) is 2. The summed E-state index contributed by atoms with van der Waals surface area (Å²) in [4.78, 5) is 0. The predicted octanol–water partition coefficient (Wildman–Crippen LogP) is 2.63. The van der Waals surface area contributed by atoms with Gasteiger partial charge in [0.1, 0.15) is 0 Å². The minimum absolute atomic E-state index is 0. The van der Waals surface area contributed by atoms with Crippen LogP contribution in [-0.4, -0.2) is 0 Å². The Kier molecular flexibility index (Phi) is 11.1. The van der Waals surface area contributed by atoms with Gasteiger partial charge in [-0.15, -0.1) is 65.3 Å². The molecule has 0 aliphatic carbocycles. The van der Waals surface area contributed by atoms with Crippen LogP contribution >= 0.6 is 0 Å². The second-order valence-electron chi connectivity index (χ2n) is 4.07. The van der Waals surface area contributed by atoms with Crippen molar-refractivity contribution in [2.75, 3.05) is 0 Å². The predicted molar refractivity (Wildman–Crippen MR) is 73.9 cm³/mol. The molecule has 0 bridgehead atoms. The first-order valence-corrected chi connectivity index (χ1v) is 5.60. The molecule has 0 N–H and O–H groups in total. The monoisotopic (exact) mass is 291 g/mol. The second-order valence-corrected chi connectivity index (χ2v) is 4.07. The van der Waals surface area contributed by atoms with Crippen LogP contribution in [-0.2, 0) is 21.7 Å². The fraction of sp³-hybridized carbons (Fsp3) is 0.188. The van der Waals surface area contributed by atoms with E-state index in [1.165, 1.54) is 30.2 Å². The van der Waals surface area contributed by atoms with Gasteiger partial charge in [-0.3, -0.25) is 0 Å². The van der Waals surface area contributed by atoms with Crippen molar-refractivity contribution in [1.29, 1.82) is 0 Å².